The molecule has 0 fully saturated rings. The van der Waals surface area contributed by atoms with E-state index in [9.17, 15) is 18.7 Å². The van der Waals surface area contributed by atoms with Crippen molar-refractivity contribution in [1.82, 2.24) is 4.98 Å². The molecule has 0 spiro atoms. The van der Waals surface area contributed by atoms with Gasteiger partial charge in [-0.25, -0.2) is 8.78 Å². The maximum absolute atomic E-state index is 12.7. The molecule has 0 radical (unpaired) electrons. The lowest BCUT2D eigenvalue weighted by molar-refractivity contribution is -0.142. The quantitative estimate of drug-likeness (QED) is 0.779. The third-order valence-electron chi connectivity index (χ3n) is 2.21. The monoisotopic (exact) mass is 260 g/mol. The predicted molar refractivity (Wildman–Crippen MR) is 59.1 cm³/mol. The smallest absolute Gasteiger partial charge is 0.311 e. The number of nitrogens with zero attached hydrogens (tertiary/aromatic N) is 1. The fourth-order valence-electron chi connectivity index (χ4n) is 1.43. The largest absolute Gasteiger partial charge is 0.505 e. The lowest BCUT2D eigenvalue weighted by Gasteiger charge is -2.10. The minimum Gasteiger partial charge on any atom is -0.505 e. The van der Waals surface area contributed by atoms with E-state index >= 15 is 0 Å². The van der Waals surface area contributed by atoms with Gasteiger partial charge in [-0.2, -0.15) is 0 Å². The number of nitrogens with two attached hydrogens (primary N) is 1. The van der Waals surface area contributed by atoms with Crippen molar-refractivity contribution >= 4 is 5.97 Å². The first-order valence-electron chi connectivity index (χ1n) is 5.35. The van der Waals surface area contributed by atoms with Gasteiger partial charge < -0.3 is 15.6 Å². The summed E-state index contributed by atoms with van der Waals surface area (Å²) in [7, 11) is 0. The molecule has 0 saturated carbocycles. The molecular weight excluding hydrogens is 246 g/mol. The minimum atomic E-state index is -2.86. The van der Waals surface area contributed by atoms with Gasteiger partial charge in [0.15, 0.2) is 0 Å². The van der Waals surface area contributed by atoms with Crippen LogP contribution in [0.4, 0.5) is 8.78 Å². The number of alkyl halides is 2. The highest BCUT2D eigenvalue weighted by atomic mass is 19.3. The van der Waals surface area contributed by atoms with Crippen molar-refractivity contribution in [2.24, 2.45) is 5.73 Å². The number of esters is 1. The summed E-state index contributed by atoms with van der Waals surface area (Å²) in [6.07, 6.45) is -3.10. The first kappa shape index (κ1) is 14.3. The van der Waals surface area contributed by atoms with Gasteiger partial charge >= 0.3 is 5.97 Å². The molecule has 0 atom stereocenters. The molecule has 0 unspecified atom stereocenters. The molecule has 1 aromatic rings. The Morgan fingerprint density at radius 1 is 1.61 bits per heavy atom. The lowest BCUT2D eigenvalue weighted by atomic mass is 10.1. The molecule has 0 aromatic carbocycles. The number of ether oxygens (including phenoxy) is 1. The number of hydrogen-bond acceptors (Lipinski definition) is 5. The Labute approximate surface area is 103 Å². The average Bonchev–Trinajstić information content (AvgIpc) is 2.31. The van der Waals surface area contributed by atoms with E-state index in [1.807, 2.05) is 0 Å². The maximum Gasteiger partial charge on any atom is 0.311 e. The third-order valence-corrected chi connectivity index (χ3v) is 2.21. The van der Waals surface area contributed by atoms with E-state index in [2.05, 4.69) is 9.72 Å². The van der Waals surface area contributed by atoms with Crippen molar-refractivity contribution in [2.45, 2.75) is 26.3 Å². The predicted octanol–water partition coefficient (Wildman–Crippen LogP) is 1.29. The second kappa shape index (κ2) is 6.25. The Kier molecular flexibility index (Phi) is 4.96. The molecule has 0 aliphatic carbocycles. The molecule has 1 aromatic heterocycles. The summed E-state index contributed by atoms with van der Waals surface area (Å²) in [5.41, 5.74) is 4.75. The number of aromatic hydroxyl groups is 1. The molecule has 0 bridgehead atoms. The number of hydrogen-bond donors (Lipinski definition) is 2. The number of carbonyl (C=O) groups is 1. The Morgan fingerprint density at radius 3 is 2.78 bits per heavy atom. The van der Waals surface area contributed by atoms with Crippen LogP contribution in [-0.4, -0.2) is 22.7 Å². The van der Waals surface area contributed by atoms with Crippen LogP contribution in [0.1, 0.15) is 30.3 Å². The van der Waals surface area contributed by atoms with Crippen LogP contribution in [0.5, 0.6) is 5.75 Å². The van der Waals surface area contributed by atoms with Crippen LogP contribution in [0, 0.1) is 0 Å². The number of aromatic nitrogens is 1. The topological polar surface area (TPSA) is 85.4 Å². The Balaban J connectivity index is 3.06. The molecule has 0 aliphatic heterocycles. The van der Waals surface area contributed by atoms with Gasteiger partial charge in [-0.15, -0.1) is 0 Å². The van der Waals surface area contributed by atoms with Crippen LogP contribution in [0.2, 0.25) is 0 Å². The van der Waals surface area contributed by atoms with Crippen molar-refractivity contribution in [2.75, 3.05) is 6.61 Å². The van der Waals surface area contributed by atoms with Gasteiger partial charge in [0.2, 0.25) is 0 Å². The summed E-state index contributed by atoms with van der Waals surface area (Å²) >= 11 is 0. The van der Waals surface area contributed by atoms with Gasteiger partial charge in [-0.3, -0.25) is 9.78 Å². The number of halogens is 2. The van der Waals surface area contributed by atoms with E-state index in [1.54, 1.807) is 6.92 Å². The molecule has 3 N–H and O–H groups in total. The number of pyridine rings is 1. The van der Waals surface area contributed by atoms with E-state index in [4.69, 9.17) is 5.73 Å². The average molecular weight is 260 g/mol. The van der Waals surface area contributed by atoms with Gasteiger partial charge in [-0.1, -0.05) is 0 Å². The first-order chi connectivity index (χ1) is 8.49. The van der Waals surface area contributed by atoms with Crippen molar-refractivity contribution in [3.63, 3.8) is 0 Å². The molecule has 18 heavy (non-hydrogen) atoms. The summed E-state index contributed by atoms with van der Waals surface area (Å²) in [6, 6.07) is 0.982. The van der Waals surface area contributed by atoms with Crippen LogP contribution in [0.25, 0.3) is 0 Å². The molecule has 7 heteroatoms. The minimum absolute atomic E-state index is 0.0629. The molecule has 100 valence electrons. The van der Waals surface area contributed by atoms with E-state index in [0.29, 0.717) is 0 Å². The summed E-state index contributed by atoms with van der Waals surface area (Å²) in [5, 5.41) is 9.48. The summed E-state index contributed by atoms with van der Waals surface area (Å²) in [5.74, 6) is -1.20. The second-order valence-corrected chi connectivity index (χ2v) is 3.48. The van der Waals surface area contributed by atoms with Crippen LogP contribution in [-0.2, 0) is 22.5 Å². The van der Waals surface area contributed by atoms with Gasteiger partial charge in [0.25, 0.3) is 6.43 Å². The summed E-state index contributed by atoms with van der Waals surface area (Å²) in [4.78, 5) is 15.1. The Hall–Kier alpha value is -1.76. The van der Waals surface area contributed by atoms with E-state index < -0.39 is 23.7 Å². The zero-order valence-corrected chi connectivity index (χ0v) is 9.82. The zero-order chi connectivity index (χ0) is 13.7. The van der Waals surface area contributed by atoms with Gasteiger partial charge in [-0.05, 0) is 13.0 Å². The van der Waals surface area contributed by atoms with Crippen LogP contribution in [0.15, 0.2) is 6.07 Å². The fourth-order valence-corrected chi connectivity index (χ4v) is 1.43. The van der Waals surface area contributed by atoms with Crippen molar-refractivity contribution < 1.29 is 23.4 Å². The highest BCUT2D eigenvalue weighted by Crippen LogP contribution is 2.30. The Morgan fingerprint density at radius 2 is 2.28 bits per heavy atom. The Bertz CT molecular complexity index is 439. The second-order valence-electron chi connectivity index (χ2n) is 3.48. The van der Waals surface area contributed by atoms with Crippen molar-refractivity contribution in [3.05, 3.63) is 23.0 Å². The maximum atomic E-state index is 12.7. The number of rotatable bonds is 5. The summed E-state index contributed by atoms with van der Waals surface area (Å²) < 4.78 is 30.0. The van der Waals surface area contributed by atoms with Crippen molar-refractivity contribution in [1.29, 1.82) is 0 Å². The van der Waals surface area contributed by atoms with Crippen LogP contribution in [0.3, 0.4) is 0 Å². The van der Waals surface area contributed by atoms with Gasteiger partial charge in [0, 0.05) is 6.54 Å². The van der Waals surface area contributed by atoms with E-state index in [-0.39, 0.29) is 31.0 Å². The molecule has 0 aliphatic rings. The van der Waals surface area contributed by atoms with Crippen molar-refractivity contribution in [3.8, 4) is 5.75 Å². The standard InChI is InChI=1S/C11H14F2N2O3/c1-2-18-9(16)4-6-3-7(11(12)13)10(17)8(5-14)15-6/h3,11,17H,2,4-5,14H2,1H3. The van der Waals surface area contributed by atoms with E-state index in [1.165, 1.54) is 0 Å². The SMILES string of the molecule is CCOC(=O)Cc1cc(C(F)F)c(O)c(CN)n1. The molecule has 5 nitrogen and oxygen atoms in total. The normalized spacial score (nSPS) is 10.7. The highest BCUT2D eigenvalue weighted by molar-refractivity contribution is 5.72. The first-order valence-corrected chi connectivity index (χ1v) is 5.35. The van der Waals surface area contributed by atoms with Crippen LogP contribution >= 0.6 is 0 Å². The molecular formula is C11H14F2N2O3. The van der Waals surface area contributed by atoms with E-state index in [0.717, 1.165) is 6.07 Å². The molecule has 0 saturated heterocycles. The number of carbonyl (C=O) groups excluding carboxylic acids is 1. The molecule has 0 amide bonds. The molecule has 1 heterocycles. The highest BCUT2D eigenvalue weighted by Gasteiger charge is 2.19. The van der Waals surface area contributed by atoms with Gasteiger partial charge in [0.1, 0.15) is 5.75 Å². The molecule has 1 rings (SSSR count). The lowest BCUT2D eigenvalue weighted by Crippen LogP contribution is -2.11. The van der Waals surface area contributed by atoms with Gasteiger partial charge in [0.05, 0.1) is 30.0 Å². The third kappa shape index (κ3) is 3.36. The van der Waals surface area contributed by atoms with Crippen LogP contribution < -0.4 is 5.73 Å². The fraction of sp³-hybridized carbons (Fsp3) is 0.455. The zero-order valence-electron chi connectivity index (χ0n) is 9.82. The summed E-state index contributed by atoms with van der Waals surface area (Å²) in [6.45, 7) is 1.64.